The average molecular weight is 278 g/mol. The number of rotatable bonds is 4. The number of hydrogen-bond acceptors (Lipinski definition) is 4. The summed E-state index contributed by atoms with van der Waals surface area (Å²) in [6.07, 6.45) is 1.13. The molecular formula is C16H22O4. The van der Waals surface area contributed by atoms with Gasteiger partial charge in [-0.1, -0.05) is 30.3 Å². The molecule has 4 unspecified atom stereocenters. The van der Waals surface area contributed by atoms with Gasteiger partial charge in [-0.05, 0) is 32.3 Å². The molecule has 0 amide bonds. The van der Waals surface area contributed by atoms with Crippen LogP contribution in [0, 0.1) is 5.92 Å². The number of benzene rings is 1. The highest BCUT2D eigenvalue weighted by Gasteiger charge is 2.53. The highest BCUT2D eigenvalue weighted by Crippen LogP contribution is 2.42. The van der Waals surface area contributed by atoms with Crippen molar-refractivity contribution >= 4 is 0 Å². The second-order valence-corrected chi connectivity index (χ2v) is 6.01. The number of fused-ring (bicyclic) bond motifs is 1. The van der Waals surface area contributed by atoms with Crippen molar-refractivity contribution in [3.8, 4) is 0 Å². The van der Waals surface area contributed by atoms with Crippen molar-refractivity contribution in [2.24, 2.45) is 5.92 Å². The maximum Gasteiger partial charge on any atom is 0.187 e. The standard InChI is InChI=1S/C16H22O4/c1-16(2)19-14-12(10-11-6-4-3-5-7-11)13(8-9-17)18-15(14)20-16/h3-7,12-15,17H,8-10H2,1-2H3. The zero-order chi connectivity index (χ0) is 14.2. The Morgan fingerprint density at radius 3 is 2.60 bits per heavy atom. The van der Waals surface area contributed by atoms with Gasteiger partial charge in [0.25, 0.3) is 0 Å². The Bertz CT molecular complexity index is 445. The molecule has 2 aliphatic rings. The van der Waals surface area contributed by atoms with Crippen LogP contribution in [0.1, 0.15) is 25.8 Å². The van der Waals surface area contributed by atoms with E-state index in [1.165, 1.54) is 5.56 Å². The third kappa shape index (κ3) is 2.74. The molecule has 2 fully saturated rings. The summed E-state index contributed by atoms with van der Waals surface area (Å²) < 4.78 is 17.7. The first-order valence-corrected chi connectivity index (χ1v) is 7.25. The van der Waals surface area contributed by atoms with E-state index in [1.807, 2.05) is 32.0 Å². The maximum atomic E-state index is 9.21. The molecule has 0 saturated carbocycles. The second-order valence-electron chi connectivity index (χ2n) is 6.01. The molecule has 2 heterocycles. The molecule has 0 spiro atoms. The third-order valence-corrected chi connectivity index (χ3v) is 4.02. The summed E-state index contributed by atoms with van der Waals surface area (Å²) in [5.74, 6) is -0.370. The first-order chi connectivity index (χ1) is 9.59. The zero-order valence-corrected chi connectivity index (χ0v) is 12.0. The van der Waals surface area contributed by atoms with Crippen LogP contribution in [0.3, 0.4) is 0 Å². The minimum atomic E-state index is -0.589. The highest BCUT2D eigenvalue weighted by atomic mass is 16.8. The van der Waals surface area contributed by atoms with E-state index in [4.69, 9.17) is 14.2 Å². The van der Waals surface area contributed by atoms with Crippen LogP contribution in [-0.4, -0.2) is 36.0 Å². The first kappa shape index (κ1) is 14.0. The van der Waals surface area contributed by atoms with Crippen LogP contribution in [-0.2, 0) is 20.6 Å². The van der Waals surface area contributed by atoms with Gasteiger partial charge in [-0.25, -0.2) is 0 Å². The summed E-state index contributed by atoms with van der Waals surface area (Å²) in [6.45, 7) is 3.95. The fourth-order valence-electron chi connectivity index (χ4n) is 3.18. The quantitative estimate of drug-likeness (QED) is 0.916. The van der Waals surface area contributed by atoms with E-state index in [9.17, 15) is 5.11 Å². The molecule has 0 radical (unpaired) electrons. The van der Waals surface area contributed by atoms with E-state index < -0.39 is 5.79 Å². The van der Waals surface area contributed by atoms with Crippen molar-refractivity contribution in [3.05, 3.63) is 35.9 Å². The highest BCUT2D eigenvalue weighted by molar-refractivity contribution is 5.16. The van der Waals surface area contributed by atoms with Gasteiger partial charge in [-0.15, -0.1) is 0 Å². The van der Waals surface area contributed by atoms with Crippen molar-refractivity contribution in [1.82, 2.24) is 0 Å². The van der Waals surface area contributed by atoms with E-state index in [2.05, 4.69) is 12.1 Å². The van der Waals surface area contributed by atoms with Crippen LogP contribution in [0.5, 0.6) is 0 Å². The number of aliphatic hydroxyl groups is 1. The summed E-state index contributed by atoms with van der Waals surface area (Å²) in [4.78, 5) is 0. The lowest BCUT2D eigenvalue weighted by Gasteiger charge is -2.25. The molecule has 4 atom stereocenters. The number of aliphatic hydroxyl groups excluding tert-OH is 1. The molecule has 20 heavy (non-hydrogen) atoms. The molecule has 4 nitrogen and oxygen atoms in total. The summed E-state index contributed by atoms with van der Waals surface area (Å²) >= 11 is 0. The van der Waals surface area contributed by atoms with Crippen LogP contribution in [0.4, 0.5) is 0 Å². The second kappa shape index (κ2) is 5.45. The van der Waals surface area contributed by atoms with Crippen LogP contribution in [0.15, 0.2) is 30.3 Å². The van der Waals surface area contributed by atoms with Crippen LogP contribution >= 0.6 is 0 Å². The lowest BCUT2D eigenvalue weighted by Crippen LogP contribution is -2.32. The van der Waals surface area contributed by atoms with Gasteiger partial charge in [-0.2, -0.15) is 0 Å². The van der Waals surface area contributed by atoms with Crippen LogP contribution < -0.4 is 0 Å². The average Bonchev–Trinajstić information content (AvgIpc) is 2.85. The molecular weight excluding hydrogens is 256 g/mol. The number of hydrogen-bond donors (Lipinski definition) is 1. The van der Waals surface area contributed by atoms with Crippen LogP contribution in [0.25, 0.3) is 0 Å². The summed E-state index contributed by atoms with van der Waals surface area (Å²) in [5, 5.41) is 9.21. The topological polar surface area (TPSA) is 47.9 Å². The Balaban J connectivity index is 1.77. The van der Waals surface area contributed by atoms with Gasteiger partial charge >= 0.3 is 0 Å². The molecule has 1 N–H and O–H groups in total. The largest absolute Gasteiger partial charge is 0.396 e. The van der Waals surface area contributed by atoms with Gasteiger partial charge in [0, 0.05) is 12.5 Å². The molecule has 0 bridgehead atoms. The van der Waals surface area contributed by atoms with Gasteiger partial charge < -0.3 is 19.3 Å². The van der Waals surface area contributed by atoms with E-state index in [1.54, 1.807) is 0 Å². The molecule has 2 aliphatic heterocycles. The molecule has 0 aromatic heterocycles. The molecule has 0 aliphatic carbocycles. The van der Waals surface area contributed by atoms with Gasteiger partial charge in [0.15, 0.2) is 12.1 Å². The molecule has 1 aromatic carbocycles. The van der Waals surface area contributed by atoms with Crippen molar-refractivity contribution in [3.63, 3.8) is 0 Å². The lowest BCUT2D eigenvalue weighted by atomic mass is 9.89. The van der Waals surface area contributed by atoms with Crippen molar-refractivity contribution in [2.75, 3.05) is 6.61 Å². The Morgan fingerprint density at radius 1 is 1.15 bits per heavy atom. The monoisotopic (exact) mass is 278 g/mol. The van der Waals surface area contributed by atoms with E-state index in [-0.39, 0.29) is 31.0 Å². The van der Waals surface area contributed by atoms with Crippen molar-refractivity contribution < 1.29 is 19.3 Å². The lowest BCUT2D eigenvalue weighted by molar-refractivity contribution is -0.211. The van der Waals surface area contributed by atoms with Gasteiger partial charge in [0.05, 0.1) is 6.10 Å². The van der Waals surface area contributed by atoms with E-state index in [0.717, 1.165) is 6.42 Å². The smallest absolute Gasteiger partial charge is 0.187 e. The fraction of sp³-hybridized carbons (Fsp3) is 0.625. The minimum Gasteiger partial charge on any atom is -0.396 e. The molecule has 4 heteroatoms. The Labute approximate surface area is 119 Å². The molecule has 2 saturated heterocycles. The summed E-state index contributed by atoms with van der Waals surface area (Å²) in [6, 6.07) is 10.3. The van der Waals surface area contributed by atoms with Gasteiger partial charge in [0.1, 0.15) is 6.10 Å². The molecule has 1 aromatic rings. The van der Waals surface area contributed by atoms with Crippen molar-refractivity contribution in [1.29, 1.82) is 0 Å². The predicted octanol–water partition coefficient (Wildman–Crippen LogP) is 2.10. The zero-order valence-electron chi connectivity index (χ0n) is 12.0. The van der Waals surface area contributed by atoms with Crippen LogP contribution in [0.2, 0.25) is 0 Å². The predicted molar refractivity (Wildman–Crippen MR) is 74.0 cm³/mol. The minimum absolute atomic E-state index is 0.00805. The van der Waals surface area contributed by atoms with E-state index in [0.29, 0.717) is 6.42 Å². The van der Waals surface area contributed by atoms with E-state index >= 15 is 0 Å². The Kier molecular flexibility index (Phi) is 3.82. The number of ether oxygens (including phenoxy) is 3. The Morgan fingerprint density at radius 2 is 1.90 bits per heavy atom. The normalized spacial score (nSPS) is 35.1. The van der Waals surface area contributed by atoms with Gasteiger partial charge in [-0.3, -0.25) is 0 Å². The summed E-state index contributed by atoms with van der Waals surface area (Å²) in [7, 11) is 0. The van der Waals surface area contributed by atoms with Gasteiger partial charge in [0.2, 0.25) is 0 Å². The Hall–Kier alpha value is -0.940. The summed E-state index contributed by atoms with van der Waals surface area (Å²) in [5.41, 5.74) is 1.26. The SMILES string of the molecule is CC1(C)OC2OC(CCO)C(Cc3ccccc3)C2O1. The third-order valence-electron chi connectivity index (χ3n) is 4.02. The molecule has 3 rings (SSSR count). The molecule has 110 valence electrons. The van der Waals surface area contributed by atoms with Crippen molar-refractivity contribution in [2.45, 2.75) is 51.0 Å². The fourth-order valence-corrected chi connectivity index (χ4v) is 3.18. The maximum absolute atomic E-state index is 9.21. The first-order valence-electron chi connectivity index (χ1n) is 7.25.